The maximum Gasteiger partial charge on any atom is 0.310 e. The molecule has 0 radical (unpaired) electrons. The van der Waals surface area contributed by atoms with Crippen LogP contribution in [0.4, 0.5) is 4.39 Å². The van der Waals surface area contributed by atoms with Gasteiger partial charge < -0.3 is 5.11 Å². The van der Waals surface area contributed by atoms with E-state index >= 15 is 0 Å². The average molecular weight is 182 g/mol. The number of rotatable bonds is 2. The van der Waals surface area contributed by atoms with E-state index in [4.69, 9.17) is 5.11 Å². The molecule has 0 aliphatic carbocycles. The first kappa shape index (κ1) is 9.71. The summed E-state index contributed by atoms with van der Waals surface area (Å²) in [5.41, 5.74) is 1.11. The molecule has 3 heteroatoms. The van der Waals surface area contributed by atoms with Gasteiger partial charge in [0.25, 0.3) is 0 Å². The van der Waals surface area contributed by atoms with Crippen molar-refractivity contribution >= 4 is 5.97 Å². The molecule has 0 heterocycles. The zero-order valence-electron chi connectivity index (χ0n) is 7.54. The molecule has 0 aliphatic heterocycles. The largest absolute Gasteiger partial charge is 0.481 e. The van der Waals surface area contributed by atoms with Gasteiger partial charge >= 0.3 is 5.97 Å². The number of hydrogen-bond donors (Lipinski definition) is 1. The maximum atomic E-state index is 12.8. The summed E-state index contributed by atoms with van der Waals surface area (Å²) in [7, 11) is 0. The first-order valence-electron chi connectivity index (χ1n) is 4.01. The molecule has 0 aliphatic rings. The van der Waals surface area contributed by atoms with Gasteiger partial charge in [0.2, 0.25) is 0 Å². The summed E-state index contributed by atoms with van der Waals surface area (Å²) >= 11 is 0. The standard InChI is InChI=1S/C10H11FO2/c1-6-5-8(3-4-9(6)11)7(2)10(12)13/h3-5,7H,1-2H3,(H,12,13). The molecule has 1 atom stereocenters. The lowest BCUT2D eigenvalue weighted by Gasteiger charge is -2.07. The number of carbonyl (C=O) groups is 1. The van der Waals surface area contributed by atoms with Gasteiger partial charge in [-0.2, -0.15) is 0 Å². The average Bonchev–Trinajstić information content (AvgIpc) is 2.08. The Morgan fingerprint density at radius 3 is 2.62 bits per heavy atom. The highest BCUT2D eigenvalue weighted by molar-refractivity contribution is 5.75. The van der Waals surface area contributed by atoms with Crippen LogP contribution in [0.5, 0.6) is 0 Å². The van der Waals surface area contributed by atoms with Crippen molar-refractivity contribution in [2.24, 2.45) is 0 Å². The molecule has 1 aromatic carbocycles. The van der Waals surface area contributed by atoms with Crippen LogP contribution in [-0.4, -0.2) is 11.1 Å². The molecule has 1 unspecified atom stereocenters. The van der Waals surface area contributed by atoms with Crippen LogP contribution in [0.1, 0.15) is 24.0 Å². The molecular weight excluding hydrogens is 171 g/mol. The lowest BCUT2D eigenvalue weighted by Crippen LogP contribution is -2.07. The van der Waals surface area contributed by atoms with Crippen molar-refractivity contribution in [3.8, 4) is 0 Å². The van der Waals surface area contributed by atoms with Crippen molar-refractivity contribution in [2.75, 3.05) is 0 Å². The fourth-order valence-electron chi connectivity index (χ4n) is 1.08. The summed E-state index contributed by atoms with van der Waals surface area (Å²) in [6.45, 7) is 3.20. The molecule has 1 N–H and O–H groups in total. The highest BCUT2D eigenvalue weighted by Crippen LogP contribution is 2.18. The van der Waals surface area contributed by atoms with Gasteiger partial charge in [0.15, 0.2) is 0 Å². The maximum absolute atomic E-state index is 12.8. The second kappa shape index (κ2) is 3.56. The van der Waals surface area contributed by atoms with Crippen LogP contribution in [0, 0.1) is 12.7 Å². The molecule has 1 rings (SSSR count). The molecule has 0 fully saturated rings. The second-order valence-corrected chi connectivity index (χ2v) is 3.07. The highest BCUT2D eigenvalue weighted by atomic mass is 19.1. The van der Waals surface area contributed by atoms with Crippen LogP contribution >= 0.6 is 0 Å². The molecule has 70 valence electrons. The summed E-state index contributed by atoms with van der Waals surface area (Å²) in [6.07, 6.45) is 0. The summed E-state index contributed by atoms with van der Waals surface area (Å²) in [4.78, 5) is 10.6. The Labute approximate surface area is 76.0 Å². The normalized spacial score (nSPS) is 12.5. The van der Waals surface area contributed by atoms with Crippen LogP contribution < -0.4 is 0 Å². The first-order chi connectivity index (χ1) is 6.02. The van der Waals surface area contributed by atoms with E-state index in [9.17, 15) is 9.18 Å². The second-order valence-electron chi connectivity index (χ2n) is 3.07. The van der Waals surface area contributed by atoms with Gasteiger partial charge in [-0.05, 0) is 31.0 Å². The van der Waals surface area contributed by atoms with E-state index in [0.717, 1.165) is 0 Å². The molecule has 2 nitrogen and oxygen atoms in total. The monoisotopic (exact) mass is 182 g/mol. The summed E-state index contributed by atoms with van der Waals surface area (Å²) < 4.78 is 12.8. The van der Waals surface area contributed by atoms with Crippen molar-refractivity contribution in [1.29, 1.82) is 0 Å². The SMILES string of the molecule is Cc1cc(C(C)C(=O)O)ccc1F. The summed E-state index contributed by atoms with van der Waals surface area (Å²) in [6, 6.07) is 4.36. The fourth-order valence-corrected chi connectivity index (χ4v) is 1.08. The van der Waals surface area contributed by atoms with Crippen LogP contribution in [0.15, 0.2) is 18.2 Å². The predicted octanol–water partition coefficient (Wildman–Crippen LogP) is 2.32. The number of carboxylic acid groups (broad SMARTS) is 1. The van der Waals surface area contributed by atoms with E-state index in [1.165, 1.54) is 12.1 Å². The number of hydrogen-bond acceptors (Lipinski definition) is 1. The third kappa shape index (κ3) is 2.05. The van der Waals surface area contributed by atoms with Crippen LogP contribution in [0.25, 0.3) is 0 Å². The lowest BCUT2D eigenvalue weighted by molar-refractivity contribution is -0.138. The molecule has 0 aromatic heterocycles. The fraction of sp³-hybridized carbons (Fsp3) is 0.300. The third-order valence-corrected chi connectivity index (χ3v) is 2.05. The summed E-state index contributed by atoms with van der Waals surface area (Å²) in [5.74, 6) is -1.79. The Hall–Kier alpha value is -1.38. The lowest BCUT2D eigenvalue weighted by atomic mass is 9.99. The Bertz CT molecular complexity index is 334. The molecule has 0 bridgehead atoms. The number of aryl methyl sites for hydroxylation is 1. The van der Waals surface area contributed by atoms with Gasteiger partial charge in [0.05, 0.1) is 5.92 Å². The number of carboxylic acids is 1. The number of aliphatic carboxylic acids is 1. The zero-order valence-corrected chi connectivity index (χ0v) is 7.54. The van der Waals surface area contributed by atoms with Crippen molar-refractivity contribution in [3.05, 3.63) is 35.1 Å². The van der Waals surface area contributed by atoms with Crippen molar-refractivity contribution in [2.45, 2.75) is 19.8 Å². The molecule has 0 spiro atoms. The Balaban J connectivity index is 3.03. The molecule has 1 aromatic rings. The van der Waals surface area contributed by atoms with Crippen molar-refractivity contribution < 1.29 is 14.3 Å². The predicted molar refractivity (Wildman–Crippen MR) is 47.2 cm³/mol. The molecule has 13 heavy (non-hydrogen) atoms. The molecule has 0 saturated carbocycles. The Morgan fingerprint density at radius 2 is 2.15 bits per heavy atom. The Kier molecular flexibility index (Phi) is 2.66. The van der Waals surface area contributed by atoms with E-state index in [1.807, 2.05) is 0 Å². The molecule has 0 saturated heterocycles. The smallest absolute Gasteiger partial charge is 0.310 e. The van der Waals surface area contributed by atoms with Gasteiger partial charge in [-0.25, -0.2) is 4.39 Å². The van der Waals surface area contributed by atoms with E-state index in [1.54, 1.807) is 19.9 Å². The molecular formula is C10H11FO2. The highest BCUT2D eigenvalue weighted by Gasteiger charge is 2.13. The van der Waals surface area contributed by atoms with E-state index < -0.39 is 11.9 Å². The van der Waals surface area contributed by atoms with Crippen LogP contribution in [-0.2, 0) is 4.79 Å². The topological polar surface area (TPSA) is 37.3 Å². The van der Waals surface area contributed by atoms with Gasteiger partial charge in [0.1, 0.15) is 5.82 Å². The minimum Gasteiger partial charge on any atom is -0.481 e. The van der Waals surface area contributed by atoms with Crippen molar-refractivity contribution in [3.63, 3.8) is 0 Å². The van der Waals surface area contributed by atoms with Gasteiger partial charge in [-0.1, -0.05) is 12.1 Å². The van der Waals surface area contributed by atoms with Crippen LogP contribution in [0.3, 0.4) is 0 Å². The van der Waals surface area contributed by atoms with Gasteiger partial charge in [-0.3, -0.25) is 4.79 Å². The zero-order chi connectivity index (χ0) is 10.0. The van der Waals surface area contributed by atoms with E-state index in [-0.39, 0.29) is 5.82 Å². The van der Waals surface area contributed by atoms with Gasteiger partial charge in [-0.15, -0.1) is 0 Å². The molecule has 0 amide bonds. The summed E-state index contributed by atoms with van der Waals surface area (Å²) in [5, 5.41) is 8.70. The minimum absolute atomic E-state index is 0.304. The Morgan fingerprint density at radius 1 is 1.54 bits per heavy atom. The van der Waals surface area contributed by atoms with E-state index in [2.05, 4.69) is 0 Å². The third-order valence-electron chi connectivity index (χ3n) is 2.05. The number of benzene rings is 1. The number of halogens is 1. The van der Waals surface area contributed by atoms with Crippen LogP contribution in [0.2, 0.25) is 0 Å². The van der Waals surface area contributed by atoms with E-state index in [0.29, 0.717) is 11.1 Å². The quantitative estimate of drug-likeness (QED) is 0.762. The van der Waals surface area contributed by atoms with Crippen molar-refractivity contribution in [1.82, 2.24) is 0 Å². The first-order valence-corrected chi connectivity index (χ1v) is 4.01. The van der Waals surface area contributed by atoms with Gasteiger partial charge in [0, 0.05) is 0 Å². The minimum atomic E-state index is -0.897.